The van der Waals surface area contributed by atoms with Crippen molar-refractivity contribution >= 4 is 39.7 Å². The molecule has 0 fully saturated rings. The molecule has 0 atom stereocenters. The Balaban J connectivity index is 1.89. The third-order valence-electron chi connectivity index (χ3n) is 4.80. The topological polar surface area (TPSA) is 80.6 Å². The van der Waals surface area contributed by atoms with E-state index in [9.17, 15) is 9.59 Å². The van der Waals surface area contributed by atoms with Crippen LogP contribution in [0.25, 0.3) is 16.5 Å². The largest absolute Gasteiger partial charge is 0.493 e. The number of amides is 2. The van der Waals surface area contributed by atoms with Crippen LogP contribution in [0.3, 0.4) is 0 Å². The average molecular weight is 406 g/mol. The molecular weight excluding hydrogens is 380 g/mol. The lowest BCUT2D eigenvalue weighted by atomic mass is 10.0. The molecule has 0 unspecified atom stereocenters. The molecule has 0 aliphatic carbocycles. The number of hydrogen-bond acceptors (Lipinski definition) is 4. The lowest BCUT2D eigenvalue weighted by molar-refractivity contribution is -0.114. The van der Waals surface area contributed by atoms with E-state index >= 15 is 0 Å². The summed E-state index contributed by atoms with van der Waals surface area (Å²) in [4.78, 5) is 23.8. The quantitative estimate of drug-likeness (QED) is 0.534. The first-order chi connectivity index (χ1) is 14.3. The summed E-state index contributed by atoms with van der Waals surface area (Å²) in [6, 6.07) is 10.9. The fourth-order valence-electron chi connectivity index (χ4n) is 3.28. The standard InChI is InChI=1S/C24H26N2O4/c1-6-29-22-13-23-21(15(3)16(4)30-23)12-20(22)14(2)10-24(28)26-19-9-7-8-18(11-19)25-17(5)27/h7-13H,6H2,1-5H3,(H,25,27)(H,26,28)/b14-10+. The van der Waals surface area contributed by atoms with E-state index < -0.39 is 0 Å². The van der Waals surface area contributed by atoms with Crippen LogP contribution >= 0.6 is 0 Å². The summed E-state index contributed by atoms with van der Waals surface area (Å²) >= 11 is 0. The number of benzene rings is 2. The Labute approximate surface area is 175 Å². The summed E-state index contributed by atoms with van der Waals surface area (Å²) in [6.07, 6.45) is 1.54. The summed E-state index contributed by atoms with van der Waals surface area (Å²) in [7, 11) is 0. The van der Waals surface area contributed by atoms with E-state index in [1.807, 2.05) is 39.8 Å². The van der Waals surface area contributed by atoms with Crippen LogP contribution in [-0.4, -0.2) is 18.4 Å². The van der Waals surface area contributed by atoms with Crippen molar-refractivity contribution in [2.24, 2.45) is 0 Å². The Kier molecular flexibility index (Phi) is 6.26. The second-order valence-corrected chi connectivity index (χ2v) is 7.14. The number of nitrogens with one attached hydrogen (secondary N) is 2. The molecule has 0 radical (unpaired) electrons. The van der Waals surface area contributed by atoms with Crippen LogP contribution in [0.15, 0.2) is 46.9 Å². The molecule has 0 bridgehead atoms. The van der Waals surface area contributed by atoms with E-state index in [0.717, 1.165) is 33.4 Å². The van der Waals surface area contributed by atoms with Crippen LogP contribution in [0.1, 0.15) is 37.7 Å². The van der Waals surface area contributed by atoms with Crippen molar-refractivity contribution in [2.75, 3.05) is 17.2 Å². The van der Waals surface area contributed by atoms with Gasteiger partial charge in [0.25, 0.3) is 0 Å². The highest BCUT2D eigenvalue weighted by Gasteiger charge is 2.14. The maximum Gasteiger partial charge on any atom is 0.248 e. The van der Waals surface area contributed by atoms with E-state index in [4.69, 9.17) is 9.15 Å². The molecule has 0 aliphatic heterocycles. The van der Waals surface area contributed by atoms with Crippen LogP contribution in [-0.2, 0) is 9.59 Å². The van der Waals surface area contributed by atoms with Gasteiger partial charge in [-0.15, -0.1) is 0 Å². The zero-order chi connectivity index (χ0) is 21.8. The number of carbonyl (C=O) groups excluding carboxylic acids is 2. The third-order valence-corrected chi connectivity index (χ3v) is 4.80. The molecule has 1 heterocycles. The number of allylic oxidation sites excluding steroid dienone is 1. The Morgan fingerprint density at radius 1 is 1.07 bits per heavy atom. The predicted octanol–water partition coefficient (Wildman–Crippen LogP) is 5.45. The van der Waals surface area contributed by atoms with E-state index in [2.05, 4.69) is 10.6 Å². The summed E-state index contributed by atoms with van der Waals surface area (Å²) in [5.41, 5.74) is 4.67. The number of ether oxygens (including phenoxy) is 1. The lowest BCUT2D eigenvalue weighted by Crippen LogP contribution is -2.10. The molecule has 0 spiro atoms. The van der Waals surface area contributed by atoms with E-state index in [1.54, 1.807) is 24.3 Å². The lowest BCUT2D eigenvalue weighted by Gasteiger charge is -2.11. The number of carbonyl (C=O) groups is 2. The maximum absolute atomic E-state index is 12.6. The van der Waals surface area contributed by atoms with Crippen molar-refractivity contribution in [3.05, 3.63) is 59.4 Å². The molecule has 6 heteroatoms. The Morgan fingerprint density at radius 3 is 2.43 bits per heavy atom. The molecule has 2 amide bonds. The fourth-order valence-corrected chi connectivity index (χ4v) is 3.28. The van der Waals surface area contributed by atoms with Gasteiger partial charge in [0.15, 0.2) is 0 Å². The van der Waals surface area contributed by atoms with Gasteiger partial charge in [-0.2, -0.15) is 0 Å². The molecule has 2 aromatic carbocycles. The van der Waals surface area contributed by atoms with E-state index in [-0.39, 0.29) is 11.8 Å². The molecule has 2 N–H and O–H groups in total. The van der Waals surface area contributed by atoms with Gasteiger partial charge in [-0.25, -0.2) is 0 Å². The number of anilines is 2. The number of aryl methyl sites for hydroxylation is 2. The number of furan rings is 1. The number of rotatable bonds is 6. The van der Waals surface area contributed by atoms with Gasteiger partial charge in [0.2, 0.25) is 11.8 Å². The zero-order valence-corrected chi connectivity index (χ0v) is 17.9. The van der Waals surface area contributed by atoms with Crippen molar-refractivity contribution in [1.82, 2.24) is 0 Å². The summed E-state index contributed by atoms with van der Waals surface area (Å²) in [5.74, 6) is 1.10. The highest BCUT2D eigenvalue weighted by molar-refractivity contribution is 6.05. The number of hydrogen-bond donors (Lipinski definition) is 2. The second kappa shape index (κ2) is 8.86. The minimum Gasteiger partial charge on any atom is -0.493 e. The van der Waals surface area contributed by atoms with Crippen molar-refractivity contribution in [3.8, 4) is 5.75 Å². The van der Waals surface area contributed by atoms with Gasteiger partial charge in [-0.1, -0.05) is 6.07 Å². The summed E-state index contributed by atoms with van der Waals surface area (Å²) in [6.45, 7) is 9.68. The molecule has 30 heavy (non-hydrogen) atoms. The summed E-state index contributed by atoms with van der Waals surface area (Å²) in [5, 5.41) is 6.54. The molecule has 1 aromatic heterocycles. The van der Waals surface area contributed by atoms with Gasteiger partial charge >= 0.3 is 0 Å². The zero-order valence-electron chi connectivity index (χ0n) is 17.9. The van der Waals surface area contributed by atoms with Gasteiger partial charge < -0.3 is 19.8 Å². The normalized spacial score (nSPS) is 11.4. The van der Waals surface area contributed by atoms with Crippen LogP contribution in [0.4, 0.5) is 11.4 Å². The van der Waals surface area contributed by atoms with Crippen molar-refractivity contribution in [1.29, 1.82) is 0 Å². The van der Waals surface area contributed by atoms with Crippen LogP contribution in [0, 0.1) is 13.8 Å². The Bertz CT molecular complexity index is 1140. The first-order valence-corrected chi connectivity index (χ1v) is 9.82. The highest BCUT2D eigenvalue weighted by atomic mass is 16.5. The highest BCUT2D eigenvalue weighted by Crippen LogP contribution is 2.35. The first-order valence-electron chi connectivity index (χ1n) is 9.82. The Hall–Kier alpha value is -3.54. The maximum atomic E-state index is 12.6. The van der Waals surface area contributed by atoms with Gasteiger partial charge in [0.1, 0.15) is 17.1 Å². The van der Waals surface area contributed by atoms with Gasteiger partial charge in [-0.05, 0) is 63.1 Å². The van der Waals surface area contributed by atoms with Crippen molar-refractivity contribution in [2.45, 2.75) is 34.6 Å². The van der Waals surface area contributed by atoms with Gasteiger partial charge in [-0.3, -0.25) is 9.59 Å². The van der Waals surface area contributed by atoms with E-state index in [1.165, 1.54) is 13.0 Å². The van der Waals surface area contributed by atoms with E-state index in [0.29, 0.717) is 23.7 Å². The number of fused-ring (bicyclic) bond motifs is 1. The fraction of sp³-hybridized carbons (Fsp3) is 0.250. The molecular formula is C24H26N2O4. The Morgan fingerprint density at radius 2 is 1.77 bits per heavy atom. The van der Waals surface area contributed by atoms with Crippen LogP contribution in [0.5, 0.6) is 5.75 Å². The average Bonchev–Trinajstić information content (AvgIpc) is 2.94. The van der Waals surface area contributed by atoms with Crippen LogP contribution < -0.4 is 15.4 Å². The minimum absolute atomic E-state index is 0.169. The third kappa shape index (κ3) is 4.71. The van der Waals surface area contributed by atoms with Gasteiger partial charge in [0.05, 0.1) is 6.61 Å². The molecule has 6 nitrogen and oxygen atoms in total. The molecule has 0 saturated heterocycles. The summed E-state index contributed by atoms with van der Waals surface area (Å²) < 4.78 is 11.6. The molecule has 0 aliphatic rings. The van der Waals surface area contributed by atoms with Gasteiger partial charge in [0, 0.05) is 41.4 Å². The predicted molar refractivity (Wildman–Crippen MR) is 120 cm³/mol. The first kappa shape index (κ1) is 21.2. The SMILES string of the molecule is CCOc1cc2oc(C)c(C)c2cc1/C(C)=C/C(=O)Nc1cccc(NC(C)=O)c1. The molecule has 0 saturated carbocycles. The second-order valence-electron chi connectivity index (χ2n) is 7.14. The van der Waals surface area contributed by atoms with Crippen molar-refractivity contribution in [3.63, 3.8) is 0 Å². The molecule has 3 rings (SSSR count). The smallest absolute Gasteiger partial charge is 0.248 e. The molecule has 156 valence electrons. The van der Waals surface area contributed by atoms with Crippen molar-refractivity contribution < 1.29 is 18.7 Å². The minimum atomic E-state index is -0.268. The van der Waals surface area contributed by atoms with Crippen LogP contribution in [0.2, 0.25) is 0 Å². The molecule has 3 aromatic rings. The monoisotopic (exact) mass is 406 g/mol.